The number of hydrogen-bond donors (Lipinski definition) is 2. The van der Waals surface area contributed by atoms with E-state index in [1.807, 2.05) is 54.5 Å². The van der Waals surface area contributed by atoms with E-state index < -0.39 is 23.4 Å². The lowest BCUT2D eigenvalue weighted by Gasteiger charge is -2.33. The minimum atomic E-state index is -0.624. The zero-order valence-electron chi connectivity index (χ0n) is 21.4. The summed E-state index contributed by atoms with van der Waals surface area (Å²) in [6.07, 6.45) is 7.60. The minimum absolute atomic E-state index is 0.150. The summed E-state index contributed by atoms with van der Waals surface area (Å²) in [5.74, 6) is 0. The molecule has 0 aliphatic heterocycles. The van der Waals surface area contributed by atoms with Gasteiger partial charge >= 0.3 is 12.2 Å². The predicted molar refractivity (Wildman–Crippen MR) is 130 cm³/mol. The van der Waals surface area contributed by atoms with Crippen LogP contribution in [0.1, 0.15) is 84.2 Å². The first kappa shape index (κ1) is 26.6. The number of likely N-dealkylation sites (N-methyl/N-ethyl adjacent to an activating group) is 1. The highest BCUT2D eigenvalue weighted by atomic mass is 16.6. The number of amides is 2. The van der Waals surface area contributed by atoms with Gasteiger partial charge in [0, 0.05) is 24.8 Å². The van der Waals surface area contributed by atoms with Gasteiger partial charge in [0.2, 0.25) is 0 Å². The van der Waals surface area contributed by atoms with Crippen molar-refractivity contribution in [3.63, 3.8) is 0 Å². The summed E-state index contributed by atoms with van der Waals surface area (Å²) >= 11 is 0. The number of rotatable bonds is 6. The Morgan fingerprint density at radius 1 is 1.15 bits per heavy atom. The zero-order valence-corrected chi connectivity index (χ0v) is 21.4. The normalized spacial score (nSPS) is 16.5. The van der Waals surface area contributed by atoms with E-state index in [1.165, 1.54) is 0 Å². The lowest BCUT2D eigenvalue weighted by molar-refractivity contribution is 0.0523. The Kier molecular flexibility index (Phi) is 8.89. The first-order valence-corrected chi connectivity index (χ1v) is 11.6. The lowest BCUT2D eigenvalue weighted by atomic mass is 9.88. The molecule has 33 heavy (non-hydrogen) atoms. The Morgan fingerprint density at radius 3 is 2.39 bits per heavy atom. The molecule has 1 aromatic heterocycles. The van der Waals surface area contributed by atoms with Crippen LogP contribution < -0.4 is 10.6 Å². The van der Waals surface area contributed by atoms with Crippen LogP contribution in [-0.4, -0.2) is 46.9 Å². The summed E-state index contributed by atoms with van der Waals surface area (Å²) in [7, 11) is 2.08. The largest absolute Gasteiger partial charge is 0.444 e. The molecule has 1 heterocycles. The number of hydrogen-bond acceptors (Lipinski definition) is 6. The maximum atomic E-state index is 12.7. The van der Waals surface area contributed by atoms with Crippen LogP contribution in [0.4, 0.5) is 15.3 Å². The van der Waals surface area contributed by atoms with Crippen molar-refractivity contribution in [1.29, 1.82) is 0 Å². The molecular weight excluding hydrogens is 420 g/mol. The number of aromatic nitrogens is 1. The number of ether oxygens (including phenoxy) is 2. The van der Waals surface area contributed by atoms with Gasteiger partial charge in [0.05, 0.1) is 17.4 Å². The van der Waals surface area contributed by atoms with Crippen LogP contribution in [0.25, 0.3) is 0 Å². The smallest absolute Gasteiger partial charge is 0.412 e. The number of nitrogens with one attached hydrogen (secondary N) is 2. The zero-order chi connectivity index (χ0) is 24.8. The van der Waals surface area contributed by atoms with E-state index >= 15 is 0 Å². The fourth-order valence-electron chi connectivity index (χ4n) is 3.77. The SMILES string of the molecule is CC=CCN(C)[C@H]1CCCc2c1ncc(CNC(=O)OC(C)(C)C)c2NC(=O)OC(C)(C)C. The Morgan fingerprint density at radius 2 is 1.79 bits per heavy atom. The van der Waals surface area contributed by atoms with Gasteiger partial charge < -0.3 is 14.8 Å². The van der Waals surface area contributed by atoms with Gasteiger partial charge in [-0.3, -0.25) is 15.2 Å². The van der Waals surface area contributed by atoms with Crippen molar-refractivity contribution < 1.29 is 19.1 Å². The molecule has 1 aliphatic rings. The minimum Gasteiger partial charge on any atom is -0.444 e. The molecule has 0 spiro atoms. The van der Waals surface area contributed by atoms with Gasteiger partial charge in [0.1, 0.15) is 11.2 Å². The second-order valence-corrected chi connectivity index (χ2v) is 10.4. The first-order chi connectivity index (χ1) is 15.3. The molecule has 2 N–H and O–H groups in total. The summed E-state index contributed by atoms with van der Waals surface area (Å²) in [6.45, 7) is 13.9. The van der Waals surface area contributed by atoms with Gasteiger partial charge in [-0.2, -0.15) is 0 Å². The van der Waals surface area contributed by atoms with E-state index in [0.29, 0.717) is 11.3 Å². The van der Waals surface area contributed by atoms with Crippen molar-refractivity contribution in [3.8, 4) is 0 Å². The highest BCUT2D eigenvalue weighted by Crippen LogP contribution is 2.37. The molecule has 1 atom stereocenters. The maximum Gasteiger partial charge on any atom is 0.412 e. The van der Waals surface area contributed by atoms with Gasteiger partial charge in [0.15, 0.2) is 0 Å². The third-order valence-corrected chi connectivity index (χ3v) is 5.12. The topological polar surface area (TPSA) is 92.8 Å². The molecule has 1 aliphatic carbocycles. The number of pyridine rings is 1. The molecule has 1 aromatic rings. The van der Waals surface area contributed by atoms with Crippen LogP contribution >= 0.6 is 0 Å². The van der Waals surface area contributed by atoms with Crippen LogP contribution in [0.2, 0.25) is 0 Å². The lowest BCUT2D eigenvalue weighted by Crippen LogP contribution is -2.34. The molecule has 184 valence electrons. The third-order valence-electron chi connectivity index (χ3n) is 5.12. The van der Waals surface area contributed by atoms with Crippen LogP contribution in [0, 0.1) is 0 Å². The second-order valence-electron chi connectivity index (χ2n) is 10.4. The van der Waals surface area contributed by atoms with Gasteiger partial charge in [-0.15, -0.1) is 0 Å². The number of carbonyl (C=O) groups is 2. The standard InChI is InChI=1S/C25H40N4O4/c1-9-10-14-29(8)19-13-11-12-18-20(28-23(31)33-25(5,6)7)17(15-26-21(18)19)16-27-22(30)32-24(2,3)4/h9-10,15,19H,11-14,16H2,1-8H3,(H,27,30)(H,26,28,31)/t19-/m0/s1. The number of allylic oxidation sites excluding steroid dienone is 1. The Hall–Kier alpha value is -2.61. The molecule has 0 fully saturated rings. The summed E-state index contributed by atoms with van der Waals surface area (Å²) in [5, 5.41) is 5.72. The molecule has 0 bridgehead atoms. The van der Waals surface area contributed by atoms with Crippen molar-refractivity contribution in [2.45, 2.75) is 91.5 Å². The van der Waals surface area contributed by atoms with Gasteiger partial charge in [-0.05, 0) is 80.3 Å². The highest BCUT2D eigenvalue weighted by Gasteiger charge is 2.29. The van der Waals surface area contributed by atoms with Crippen molar-refractivity contribution in [2.75, 3.05) is 18.9 Å². The number of anilines is 1. The summed E-state index contributed by atoms with van der Waals surface area (Å²) < 4.78 is 10.9. The van der Waals surface area contributed by atoms with Crippen molar-refractivity contribution in [2.24, 2.45) is 0 Å². The molecule has 8 heteroatoms. The monoisotopic (exact) mass is 460 g/mol. The van der Waals surface area contributed by atoms with Crippen molar-refractivity contribution in [1.82, 2.24) is 15.2 Å². The molecule has 0 unspecified atom stereocenters. The van der Waals surface area contributed by atoms with Crippen LogP contribution in [0.5, 0.6) is 0 Å². The van der Waals surface area contributed by atoms with Crippen LogP contribution in [0.3, 0.4) is 0 Å². The quantitative estimate of drug-likeness (QED) is 0.557. The molecular formula is C25H40N4O4. The van der Waals surface area contributed by atoms with Crippen LogP contribution in [-0.2, 0) is 22.4 Å². The number of nitrogens with zero attached hydrogens (tertiary/aromatic N) is 2. The second kappa shape index (κ2) is 11.0. The molecule has 0 saturated carbocycles. The molecule has 0 radical (unpaired) electrons. The fraction of sp³-hybridized carbons (Fsp3) is 0.640. The number of fused-ring (bicyclic) bond motifs is 1. The Balaban J connectivity index is 2.37. The van der Waals surface area contributed by atoms with Crippen LogP contribution in [0.15, 0.2) is 18.3 Å². The summed E-state index contributed by atoms with van der Waals surface area (Å²) in [4.78, 5) is 31.9. The van der Waals surface area contributed by atoms with Gasteiger partial charge in [-0.25, -0.2) is 9.59 Å². The van der Waals surface area contributed by atoms with Crippen molar-refractivity contribution >= 4 is 17.9 Å². The average Bonchev–Trinajstić information content (AvgIpc) is 2.68. The van der Waals surface area contributed by atoms with E-state index in [0.717, 1.165) is 37.1 Å². The Labute approximate surface area is 198 Å². The van der Waals surface area contributed by atoms with E-state index in [1.54, 1.807) is 6.20 Å². The van der Waals surface area contributed by atoms with E-state index in [2.05, 4.69) is 28.7 Å². The molecule has 0 saturated heterocycles. The molecule has 2 rings (SSSR count). The predicted octanol–water partition coefficient (Wildman–Crippen LogP) is 5.34. The number of alkyl carbamates (subject to hydrolysis) is 1. The fourth-order valence-corrected chi connectivity index (χ4v) is 3.77. The highest BCUT2D eigenvalue weighted by molar-refractivity contribution is 5.87. The van der Waals surface area contributed by atoms with Gasteiger partial charge in [0.25, 0.3) is 0 Å². The summed E-state index contributed by atoms with van der Waals surface area (Å²) in [5.41, 5.74) is 2.10. The van der Waals surface area contributed by atoms with E-state index in [9.17, 15) is 9.59 Å². The maximum absolute atomic E-state index is 12.7. The molecule has 8 nitrogen and oxygen atoms in total. The molecule has 2 amide bonds. The number of carbonyl (C=O) groups excluding carboxylic acids is 2. The van der Waals surface area contributed by atoms with Crippen molar-refractivity contribution in [3.05, 3.63) is 35.2 Å². The van der Waals surface area contributed by atoms with E-state index in [4.69, 9.17) is 14.5 Å². The average molecular weight is 461 g/mol. The van der Waals surface area contributed by atoms with E-state index in [-0.39, 0.29) is 12.6 Å². The van der Waals surface area contributed by atoms with Gasteiger partial charge in [-0.1, -0.05) is 12.2 Å². The summed E-state index contributed by atoms with van der Waals surface area (Å²) in [6, 6.07) is 0.150. The first-order valence-electron chi connectivity index (χ1n) is 11.6. The molecule has 0 aromatic carbocycles. The third kappa shape index (κ3) is 8.35. The Bertz CT molecular complexity index is 868.